The van der Waals surface area contributed by atoms with Crippen molar-refractivity contribution in [2.45, 2.75) is 6.42 Å². The SMILES string of the molecule is O=C(CCl)C(CC(CO)(CO)CO)(C(=O)CCl)C(=O)CCl. The molecule has 0 aliphatic rings. The number of halogens is 3. The molecule has 0 amide bonds. The van der Waals surface area contributed by atoms with Crippen molar-refractivity contribution in [1.29, 1.82) is 0 Å². The van der Waals surface area contributed by atoms with Crippen molar-refractivity contribution in [3.8, 4) is 0 Å². The molecule has 0 unspecified atom stereocenters. The van der Waals surface area contributed by atoms with Gasteiger partial charge < -0.3 is 15.3 Å². The molecule has 0 rings (SSSR count). The van der Waals surface area contributed by atoms with Crippen molar-refractivity contribution >= 4 is 52.2 Å². The molecule has 0 atom stereocenters. The summed E-state index contributed by atoms with van der Waals surface area (Å²) < 4.78 is 0. The standard InChI is InChI=1S/C12H17Cl3O6/c13-1-8(19)12(9(20)2-14,10(21)3-15)4-11(5-16,6-17)7-18/h16-18H,1-7H2. The van der Waals surface area contributed by atoms with E-state index in [1.807, 2.05) is 0 Å². The van der Waals surface area contributed by atoms with E-state index in [9.17, 15) is 29.7 Å². The summed E-state index contributed by atoms with van der Waals surface area (Å²) in [4.78, 5) is 36.4. The summed E-state index contributed by atoms with van der Waals surface area (Å²) in [6.07, 6.45) is -0.619. The molecule has 0 fully saturated rings. The van der Waals surface area contributed by atoms with Gasteiger partial charge in [0.05, 0.1) is 37.5 Å². The number of ketones is 3. The lowest BCUT2D eigenvalue weighted by atomic mass is 9.65. The highest BCUT2D eigenvalue weighted by atomic mass is 35.5. The first-order valence-corrected chi connectivity index (χ1v) is 7.54. The quantitative estimate of drug-likeness (QED) is 0.345. The minimum atomic E-state index is -2.28. The Balaban J connectivity index is 6.05. The number of hydrogen-bond acceptors (Lipinski definition) is 6. The molecule has 0 bridgehead atoms. The highest BCUT2D eigenvalue weighted by Gasteiger charge is 2.54. The third-order valence-corrected chi connectivity index (χ3v) is 4.17. The molecule has 0 heterocycles. The molecule has 0 saturated carbocycles. The molecule has 3 N–H and O–H groups in total. The minimum absolute atomic E-state index is 0.619. The van der Waals surface area contributed by atoms with E-state index >= 15 is 0 Å². The van der Waals surface area contributed by atoms with Gasteiger partial charge in [-0.3, -0.25) is 14.4 Å². The van der Waals surface area contributed by atoms with Gasteiger partial charge in [0.1, 0.15) is 5.41 Å². The van der Waals surface area contributed by atoms with Gasteiger partial charge in [-0.15, -0.1) is 34.8 Å². The molecule has 9 heteroatoms. The zero-order valence-electron chi connectivity index (χ0n) is 11.2. The van der Waals surface area contributed by atoms with Crippen LogP contribution in [0.25, 0.3) is 0 Å². The predicted molar refractivity (Wildman–Crippen MR) is 77.9 cm³/mol. The van der Waals surface area contributed by atoms with Gasteiger partial charge >= 0.3 is 0 Å². The second kappa shape index (κ2) is 9.02. The van der Waals surface area contributed by atoms with Crippen LogP contribution in [0.5, 0.6) is 0 Å². The Morgan fingerprint density at radius 2 is 1.00 bits per heavy atom. The maximum Gasteiger partial charge on any atom is 0.168 e. The average molecular weight is 364 g/mol. The molecule has 21 heavy (non-hydrogen) atoms. The molecule has 0 aromatic heterocycles. The number of aliphatic hydroxyl groups is 3. The minimum Gasteiger partial charge on any atom is -0.396 e. The fourth-order valence-corrected chi connectivity index (χ4v) is 2.67. The number of alkyl halides is 3. The van der Waals surface area contributed by atoms with E-state index in [-0.39, 0.29) is 0 Å². The largest absolute Gasteiger partial charge is 0.396 e. The van der Waals surface area contributed by atoms with Crippen molar-refractivity contribution in [2.75, 3.05) is 37.5 Å². The Bertz CT molecular complexity index is 345. The smallest absolute Gasteiger partial charge is 0.168 e. The van der Waals surface area contributed by atoms with E-state index in [0.717, 1.165) is 0 Å². The van der Waals surface area contributed by atoms with Gasteiger partial charge in [-0.1, -0.05) is 0 Å². The van der Waals surface area contributed by atoms with Crippen LogP contribution in [0.4, 0.5) is 0 Å². The van der Waals surface area contributed by atoms with E-state index < -0.39 is 72.1 Å². The molecule has 122 valence electrons. The molecule has 0 aliphatic carbocycles. The average Bonchev–Trinajstić information content (AvgIpc) is 2.54. The number of hydrogen-bond donors (Lipinski definition) is 3. The molecular formula is C12H17Cl3O6. The van der Waals surface area contributed by atoms with Gasteiger partial charge in [0.15, 0.2) is 17.3 Å². The Kier molecular flexibility index (Phi) is 8.92. The number of rotatable bonds is 11. The number of aliphatic hydroxyl groups excluding tert-OH is 3. The van der Waals surface area contributed by atoms with Crippen LogP contribution in [0.2, 0.25) is 0 Å². The summed E-state index contributed by atoms with van der Waals surface area (Å²) in [7, 11) is 0. The van der Waals surface area contributed by atoms with Gasteiger partial charge in [0, 0.05) is 5.41 Å². The zero-order chi connectivity index (χ0) is 16.7. The van der Waals surface area contributed by atoms with Crippen LogP contribution in [0.1, 0.15) is 6.42 Å². The Hall–Kier alpha value is -0.240. The first kappa shape index (κ1) is 20.8. The molecule has 0 spiro atoms. The molecule has 6 nitrogen and oxygen atoms in total. The predicted octanol–water partition coefficient (Wildman–Crippen LogP) is -0.250. The molecule has 0 aromatic rings. The van der Waals surface area contributed by atoms with Gasteiger partial charge in [-0.25, -0.2) is 0 Å². The van der Waals surface area contributed by atoms with Crippen LogP contribution in [0, 0.1) is 10.8 Å². The monoisotopic (exact) mass is 362 g/mol. The lowest BCUT2D eigenvalue weighted by Gasteiger charge is -2.37. The maximum absolute atomic E-state index is 12.1. The highest BCUT2D eigenvalue weighted by molar-refractivity contribution is 6.43. The summed E-state index contributed by atoms with van der Waals surface area (Å²) in [5, 5.41) is 28.1. The van der Waals surface area contributed by atoms with E-state index in [1.165, 1.54) is 0 Å². The van der Waals surface area contributed by atoms with Gasteiger partial charge in [-0.05, 0) is 6.42 Å². The van der Waals surface area contributed by atoms with Crippen molar-refractivity contribution in [2.24, 2.45) is 10.8 Å². The van der Waals surface area contributed by atoms with Crippen molar-refractivity contribution < 1.29 is 29.7 Å². The first-order valence-electron chi connectivity index (χ1n) is 5.94. The first-order chi connectivity index (χ1) is 9.83. The van der Waals surface area contributed by atoms with Gasteiger partial charge in [0.25, 0.3) is 0 Å². The third-order valence-electron chi connectivity index (χ3n) is 3.44. The summed E-state index contributed by atoms with van der Waals surface area (Å²) in [6.45, 7) is -2.24. The number of carbonyl (C=O) groups excluding carboxylic acids is 3. The third kappa shape index (κ3) is 4.15. The van der Waals surface area contributed by atoms with Crippen LogP contribution >= 0.6 is 34.8 Å². The topological polar surface area (TPSA) is 112 Å². The zero-order valence-corrected chi connectivity index (χ0v) is 13.4. The maximum atomic E-state index is 12.1. The second-order valence-electron chi connectivity index (χ2n) is 4.73. The van der Waals surface area contributed by atoms with Crippen LogP contribution < -0.4 is 0 Å². The van der Waals surface area contributed by atoms with Gasteiger partial charge in [0.2, 0.25) is 0 Å². The van der Waals surface area contributed by atoms with Crippen molar-refractivity contribution in [3.05, 3.63) is 0 Å². The van der Waals surface area contributed by atoms with Gasteiger partial charge in [-0.2, -0.15) is 0 Å². The van der Waals surface area contributed by atoms with E-state index in [2.05, 4.69) is 0 Å². The van der Waals surface area contributed by atoms with E-state index in [1.54, 1.807) is 0 Å². The summed E-state index contributed by atoms with van der Waals surface area (Å²) in [5.74, 6) is -4.74. The lowest BCUT2D eigenvalue weighted by molar-refractivity contribution is -0.150. The molecule has 0 aliphatic heterocycles. The van der Waals surface area contributed by atoms with E-state index in [0.29, 0.717) is 0 Å². The molecule has 0 radical (unpaired) electrons. The molecule has 0 saturated heterocycles. The summed E-state index contributed by atoms with van der Waals surface area (Å²) in [5.41, 5.74) is -3.90. The fraction of sp³-hybridized carbons (Fsp3) is 0.750. The normalized spacial score (nSPS) is 12.3. The molecular weight excluding hydrogens is 346 g/mol. The van der Waals surface area contributed by atoms with Crippen LogP contribution in [0.15, 0.2) is 0 Å². The van der Waals surface area contributed by atoms with Crippen LogP contribution in [0.3, 0.4) is 0 Å². The Morgan fingerprint density at radius 3 is 1.19 bits per heavy atom. The van der Waals surface area contributed by atoms with Crippen molar-refractivity contribution in [1.82, 2.24) is 0 Å². The Morgan fingerprint density at radius 1 is 0.714 bits per heavy atom. The lowest BCUT2D eigenvalue weighted by Crippen LogP contribution is -2.54. The summed E-state index contributed by atoms with van der Waals surface area (Å²) in [6, 6.07) is 0. The van der Waals surface area contributed by atoms with Crippen LogP contribution in [-0.4, -0.2) is 70.1 Å². The fourth-order valence-electron chi connectivity index (χ4n) is 1.98. The number of carbonyl (C=O) groups is 3. The summed E-state index contributed by atoms with van der Waals surface area (Å²) >= 11 is 16.4. The van der Waals surface area contributed by atoms with Crippen molar-refractivity contribution in [3.63, 3.8) is 0 Å². The molecule has 0 aromatic carbocycles. The highest BCUT2D eigenvalue weighted by Crippen LogP contribution is 2.38. The second-order valence-corrected chi connectivity index (χ2v) is 5.53. The van der Waals surface area contributed by atoms with Crippen LogP contribution in [-0.2, 0) is 14.4 Å². The number of Topliss-reactive ketones (excluding diaryl/α,β-unsaturated/α-hetero) is 3. The van der Waals surface area contributed by atoms with E-state index in [4.69, 9.17) is 34.8 Å². The Labute approximate surface area is 137 Å².